The molecule has 0 aliphatic carbocycles. The van der Waals surface area contributed by atoms with Crippen LogP contribution in [-0.4, -0.2) is 24.5 Å². The molecule has 2 rings (SSSR count). The van der Waals surface area contributed by atoms with E-state index in [0.717, 1.165) is 23.2 Å². The Balaban J connectivity index is 1.97. The number of aryl methyl sites for hydroxylation is 1. The molecule has 0 bridgehead atoms. The van der Waals surface area contributed by atoms with Crippen molar-refractivity contribution in [3.8, 4) is 0 Å². The van der Waals surface area contributed by atoms with Crippen molar-refractivity contribution in [1.82, 2.24) is 10.3 Å². The number of nitrogens with one attached hydrogen (secondary N) is 2. The van der Waals surface area contributed by atoms with Crippen LogP contribution < -0.4 is 10.6 Å². The van der Waals surface area contributed by atoms with Crippen molar-refractivity contribution in [2.24, 2.45) is 0 Å². The van der Waals surface area contributed by atoms with Crippen molar-refractivity contribution < 1.29 is 4.79 Å². The van der Waals surface area contributed by atoms with E-state index in [2.05, 4.69) is 15.6 Å². The molecule has 0 fully saturated rings. The summed E-state index contributed by atoms with van der Waals surface area (Å²) in [6.45, 7) is 2.58. The molecule has 104 valence electrons. The predicted octanol–water partition coefficient (Wildman–Crippen LogP) is 2.40. The Kier molecular flexibility index (Phi) is 4.71. The minimum Gasteiger partial charge on any atom is -0.387 e. The molecule has 1 aromatic carbocycles. The molecule has 1 amide bonds. The zero-order valence-corrected chi connectivity index (χ0v) is 11.8. The maximum Gasteiger partial charge on any atom is 0.253 e. The van der Waals surface area contributed by atoms with Gasteiger partial charge in [0.15, 0.2) is 0 Å². The molecule has 2 N–H and O–H groups in total. The van der Waals surface area contributed by atoms with Gasteiger partial charge < -0.3 is 10.6 Å². The van der Waals surface area contributed by atoms with Crippen molar-refractivity contribution in [2.45, 2.75) is 13.3 Å². The summed E-state index contributed by atoms with van der Waals surface area (Å²) in [5.41, 5.74) is 3.71. The Morgan fingerprint density at radius 1 is 1.30 bits per heavy atom. The van der Waals surface area contributed by atoms with Crippen molar-refractivity contribution in [1.29, 1.82) is 0 Å². The smallest absolute Gasteiger partial charge is 0.253 e. The molecule has 1 aromatic heterocycles. The first-order chi connectivity index (χ1) is 9.70. The summed E-state index contributed by atoms with van der Waals surface area (Å²) >= 11 is 0. The largest absolute Gasteiger partial charge is 0.387 e. The predicted molar refractivity (Wildman–Crippen MR) is 81.0 cm³/mol. The van der Waals surface area contributed by atoms with Crippen molar-refractivity contribution >= 4 is 11.6 Å². The second-order valence-corrected chi connectivity index (χ2v) is 4.67. The topological polar surface area (TPSA) is 54.0 Å². The van der Waals surface area contributed by atoms with Gasteiger partial charge in [0.05, 0.1) is 5.56 Å². The number of rotatable bonds is 5. The van der Waals surface area contributed by atoms with Crippen LogP contribution in [0.2, 0.25) is 0 Å². The van der Waals surface area contributed by atoms with E-state index >= 15 is 0 Å². The Bertz CT molecular complexity index is 582. The van der Waals surface area contributed by atoms with Crippen LogP contribution in [0.15, 0.2) is 42.7 Å². The average molecular weight is 269 g/mol. The van der Waals surface area contributed by atoms with Gasteiger partial charge in [0.1, 0.15) is 0 Å². The summed E-state index contributed by atoms with van der Waals surface area (Å²) < 4.78 is 0. The van der Waals surface area contributed by atoms with E-state index in [-0.39, 0.29) is 5.91 Å². The van der Waals surface area contributed by atoms with E-state index in [1.165, 1.54) is 0 Å². The van der Waals surface area contributed by atoms with Crippen molar-refractivity contribution in [3.05, 3.63) is 59.4 Å². The van der Waals surface area contributed by atoms with Gasteiger partial charge in [-0.25, -0.2) is 0 Å². The average Bonchev–Trinajstić information content (AvgIpc) is 2.48. The fourth-order valence-electron chi connectivity index (χ4n) is 2.03. The first kappa shape index (κ1) is 14.1. The number of pyridine rings is 1. The molecule has 20 heavy (non-hydrogen) atoms. The number of nitrogens with zero attached hydrogens (tertiary/aromatic N) is 1. The highest BCUT2D eigenvalue weighted by Gasteiger charge is 2.10. The van der Waals surface area contributed by atoms with Gasteiger partial charge in [0.2, 0.25) is 0 Å². The third-order valence-electron chi connectivity index (χ3n) is 3.11. The maximum atomic E-state index is 12.2. The third-order valence-corrected chi connectivity index (χ3v) is 3.11. The van der Waals surface area contributed by atoms with Gasteiger partial charge in [-0.05, 0) is 37.1 Å². The van der Waals surface area contributed by atoms with Crippen LogP contribution in [0.1, 0.15) is 21.5 Å². The Morgan fingerprint density at radius 2 is 2.15 bits per heavy atom. The van der Waals surface area contributed by atoms with E-state index in [0.29, 0.717) is 12.1 Å². The minimum absolute atomic E-state index is 0.0538. The fraction of sp³-hybridized carbons (Fsp3) is 0.250. The Labute approximate surface area is 119 Å². The summed E-state index contributed by atoms with van der Waals surface area (Å²) in [5, 5.41) is 5.98. The van der Waals surface area contributed by atoms with E-state index in [4.69, 9.17) is 0 Å². The van der Waals surface area contributed by atoms with Crippen molar-refractivity contribution in [3.63, 3.8) is 0 Å². The van der Waals surface area contributed by atoms with Crippen LogP contribution in [0.25, 0.3) is 0 Å². The van der Waals surface area contributed by atoms with Crippen LogP contribution in [0.5, 0.6) is 0 Å². The SMILES string of the molecule is CNc1ccc(C)cc1C(=O)NCCc1cccnc1. The van der Waals surface area contributed by atoms with E-state index in [1.54, 1.807) is 6.20 Å². The molecule has 0 aliphatic rings. The molecule has 2 aromatic rings. The van der Waals surface area contributed by atoms with Gasteiger partial charge in [0.25, 0.3) is 5.91 Å². The number of carbonyl (C=O) groups is 1. The molecular weight excluding hydrogens is 250 g/mol. The lowest BCUT2D eigenvalue weighted by molar-refractivity contribution is 0.0955. The van der Waals surface area contributed by atoms with Crippen LogP contribution in [0.3, 0.4) is 0 Å². The highest BCUT2D eigenvalue weighted by molar-refractivity contribution is 5.99. The van der Waals surface area contributed by atoms with Gasteiger partial charge >= 0.3 is 0 Å². The molecule has 4 heteroatoms. The molecule has 1 heterocycles. The number of hydrogen-bond acceptors (Lipinski definition) is 3. The maximum absolute atomic E-state index is 12.2. The molecule has 0 spiro atoms. The fourth-order valence-corrected chi connectivity index (χ4v) is 2.03. The second kappa shape index (κ2) is 6.70. The van der Waals surface area contributed by atoms with Crippen molar-refractivity contribution in [2.75, 3.05) is 18.9 Å². The van der Waals surface area contributed by atoms with Crippen LogP contribution >= 0.6 is 0 Å². The lowest BCUT2D eigenvalue weighted by Crippen LogP contribution is -2.26. The number of amides is 1. The molecule has 0 radical (unpaired) electrons. The highest BCUT2D eigenvalue weighted by atomic mass is 16.1. The molecule has 0 unspecified atom stereocenters. The molecular formula is C16H19N3O. The summed E-state index contributed by atoms with van der Waals surface area (Å²) in [5.74, 6) is -0.0538. The highest BCUT2D eigenvalue weighted by Crippen LogP contribution is 2.16. The first-order valence-corrected chi connectivity index (χ1v) is 6.66. The molecule has 0 saturated carbocycles. The van der Waals surface area contributed by atoms with Crippen LogP contribution in [0, 0.1) is 6.92 Å². The number of anilines is 1. The Hall–Kier alpha value is -2.36. The van der Waals surface area contributed by atoms with Crippen LogP contribution in [0.4, 0.5) is 5.69 Å². The summed E-state index contributed by atoms with van der Waals surface area (Å²) in [6.07, 6.45) is 4.34. The first-order valence-electron chi connectivity index (χ1n) is 6.66. The standard InChI is InChI=1S/C16H19N3O/c1-12-5-6-15(17-2)14(10-12)16(20)19-9-7-13-4-3-8-18-11-13/h3-6,8,10-11,17H,7,9H2,1-2H3,(H,19,20). The summed E-state index contributed by atoms with van der Waals surface area (Å²) in [7, 11) is 1.82. The number of aromatic nitrogens is 1. The zero-order valence-electron chi connectivity index (χ0n) is 11.8. The lowest BCUT2D eigenvalue weighted by atomic mass is 10.1. The zero-order chi connectivity index (χ0) is 14.4. The quantitative estimate of drug-likeness (QED) is 0.876. The number of carbonyl (C=O) groups excluding carboxylic acids is 1. The number of hydrogen-bond donors (Lipinski definition) is 2. The van der Waals surface area contributed by atoms with Gasteiger partial charge in [-0.3, -0.25) is 9.78 Å². The molecule has 0 saturated heterocycles. The minimum atomic E-state index is -0.0538. The van der Waals surface area contributed by atoms with E-state index in [1.807, 2.05) is 50.5 Å². The van der Waals surface area contributed by atoms with Gasteiger partial charge in [0, 0.05) is 31.7 Å². The molecule has 0 atom stereocenters. The number of benzene rings is 1. The van der Waals surface area contributed by atoms with E-state index < -0.39 is 0 Å². The lowest BCUT2D eigenvalue weighted by Gasteiger charge is -2.10. The van der Waals surface area contributed by atoms with Gasteiger partial charge in [-0.2, -0.15) is 0 Å². The second-order valence-electron chi connectivity index (χ2n) is 4.67. The van der Waals surface area contributed by atoms with Gasteiger partial charge in [-0.1, -0.05) is 17.7 Å². The molecule has 0 aliphatic heterocycles. The van der Waals surface area contributed by atoms with Crippen LogP contribution in [-0.2, 0) is 6.42 Å². The Morgan fingerprint density at radius 3 is 2.85 bits per heavy atom. The molecule has 4 nitrogen and oxygen atoms in total. The summed E-state index contributed by atoms with van der Waals surface area (Å²) in [6, 6.07) is 9.70. The van der Waals surface area contributed by atoms with Gasteiger partial charge in [-0.15, -0.1) is 0 Å². The summed E-state index contributed by atoms with van der Waals surface area (Å²) in [4.78, 5) is 16.3. The monoisotopic (exact) mass is 269 g/mol. The third kappa shape index (κ3) is 3.57. The normalized spacial score (nSPS) is 10.1. The van der Waals surface area contributed by atoms with E-state index in [9.17, 15) is 4.79 Å².